The van der Waals surface area contributed by atoms with E-state index in [1.807, 2.05) is 0 Å². The Kier molecular flexibility index (Phi) is 3.23. The molecule has 2 rings (SSSR count). The Morgan fingerprint density at radius 3 is 2.44 bits per heavy atom. The summed E-state index contributed by atoms with van der Waals surface area (Å²) in [7, 11) is 0. The number of halogens is 1. The first-order valence-corrected chi connectivity index (χ1v) is 5.24. The first kappa shape index (κ1) is 12.0. The zero-order valence-electron chi connectivity index (χ0n) is 9.34. The smallest absolute Gasteiger partial charge is 0.335 e. The van der Waals surface area contributed by atoms with E-state index in [1.165, 1.54) is 16.7 Å². The minimum atomic E-state index is -1.01. The molecule has 0 saturated carbocycles. The van der Waals surface area contributed by atoms with Crippen molar-refractivity contribution in [2.45, 2.75) is 6.54 Å². The van der Waals surface area contributed by atoms with Crippen LogP contribution in [-0.4, -0.2) is 15.6 Å². The van der Waals surface area contributed by atoms with E-state index < -0.39 is 11.8 Å². The number of rotatable bonds is 3. The molecule has 0 unspecified atom stereocenters. The number of nitrogens with zero attached hydrogens (tertiary/aromatic N) is 1. The first-order valence-electron chi connectivity index (χ1n) is 5.24. The van der Waals surface area contributed by atoms with Crippen molar-refractivity contribution in [2.75, 3.05) is 0 Å². The van der Waals surface area contributed by atoms with Crippen molar-refractivity contribution in [1.82, 2.24) is 4.57 Å². The van der Waals surface area contributed by atoms with E-state index in [-0.39, 0.29) is 17.7 Å². The monoisotopic (exact) mass is 247 g/mol. The second kappa shape index (κ2) is 4.83. The van der Waals surface area contributed by atoms with E-state index in [0.717, 1.165) is 23.9 Å². The van der Waals surface area contributed by atoms with E-state index in [4.69, 9.17) is 5.11 Å². The van der Waals surface area contributed by atoms with E-state index in [0.29, 0.717) is 0 Å². The largest absolute Gasteiger partial charge is 0.478 e. The molecule has 1 aromatic heterocycles. The van der Waals surface area contributed by atoms with Gasteiger partial charge in [0, 0.05) is 12.3 Å². The summed E-state index contributed by atoms with van der Waals surface area (Å²) in [6, 6.07) is 8.35. The van der Waals surface area contributed by atoms with Crippen molar-refractivity contribution in [2.24, 2.45) is 0 Å². The molecule has 0 spiro atoms. The predicted molar refractivity (Wildman–Crippen MR) is 63.2 cm³/mol. The number of aromatic nitrogens is 1. The molecule has 0 fully saturated rings. The standard InChI is InChI=1S/C13H10FNO3/c14-11-5-6-12(16)15(8-11)7-9-1-3-10(4-2-9)13(17)18/h1-6,8H,7H2,(H,17,18). The molecule has 0 amide bonds. The fourth-order valence-electron chi connectivity index (χ4n) is 1.58. The Morgan fingerprint density at radius 2 is 1.83 bits per heavy atom. The summed E-state index contributed by atoms with van der Waals surface area (Å²) in [4.78, 5) is 22.1. The van der Waals surface area contributed by atoms with Gasteiger partial charge in [0.05, 0.1) is 12.1 Å². The quantitative estimate of drug-likeness (QED) is 0.898. The molecule has 0 saturated heterocycles. The topological polar surface area (TPSA) is 59.3 Å². The van der Waals surface area contributed by atoms with Crippen molar-refractivity contribution in [1.29, 1.82) is 0 Å². The molecule has 0 aliphatic rings. The maximum atomic E-state index is 13.0. The SMILES string of the molecule is O=C(O)c1ccc(Cn2cc(F)ccc2=O)cc1. The molecule has 0 radical (unpaired) electrons. The molecule has 92 valence electrons. The second-order valence-electron chi connectivity index (χ2n) is 3.82. The molecule has 0 aliphatic carbocycles. The molecule has 4 nitrogen and oxygen atoms in total. The highest BCUT2D eigenvalue weighted by Crippen LogP contribution is 2.06. The summed E-state index contributed by atoms with van der Waals surface area (Å²) in [6.07, 6.45) is 1.12. The molecular weight excluding hydrogens is 237 g/mol. The number of hydrogen-bond donors (Lipinski definition) is 1. The Balaban J connectivity index is 2.26. The van der Waals surface area contributed by atoms with Crippen LogP contribution in [0.4, 0.5) is 4.39 Å². The van der Waals surface area contributed by atoms with E-state index in [1.54, 1.807) is 12.1 Å². The fraction of sp³-hybridized carbons (Fsp3) is 0.0769. The molecule has 0 bridgehead atoms. The lowest BCUT2D eigenvalue weighted by Crippen LogP contribution is -2.19. The summed E-state index contributed by atoms with van der Waals surface area (Å²) >= 11 is 0. The van der Waals surface area contributed by atoms with Crippen molar-refractivity contribution in [3.63, 3.8) is 0 Å². The third-order valence-corrected chi connectivity index (χ3v) is 2.50. The van der Waals surface area contributed by atoms with Crippen LogP contribution in [0.25, 0.3) is 0 Å². The minimum absolute atomic E-state index is 0.172. The van der Waals surface area contributed by atoms with Crippen LogP contribution in [0.3, 0.4) is 0 Å². The number of carboxylic acid groups (broad SMARTS) is 1. The zero-order chi connectivity index (χ0) is 13.1. The van der Waals surface area contributed by atoms with Gasteiger partial charge in [-0.05, 0) is 23.8 Å². The van der Waals surface area contributed by atoms with Gasteiger partial charge in [0.2, 0.25) is 0 Å². The molecule has 0 aliphatic heterocycles. The Labute approximate surface area is 102 Å². The maximum absolute atomic E-state index is 13.0. The summed E-state index contributed by atoms with van der Waals surface area (Å²) in [5.41, 5.74) is 0.594. The van der Waals surface area contributed by atoms with Crippen LogP contribution < -0.4 is 5.56 Å². The van der Waals surface area contributed by atoms with Gasteiger partial charge >= 0.3 is 5.97 Å². The van der Waals surface area contributed by atoms with E-state index >= 15 is 0 Å². The summed E-state index contributed by atoms with van der Waals surface area (Å²) in [6.45, 7) is 0.205. The lowest BCUT2D eigenvalue weighted by molar-refractivity contribution is 0.0697. The van der Waals surface area contributed by atoms with Crippen LogP contribution in [0, 0.1) is 5.82 Å². The van der Waals surface area contributed by atoms with E-state index in [2.05, 4.69) is 0 Å². The molecule has 1 N–H and O–H groups in total. The molecule has 2 aromatic rings. The van der Waals surface area contributed by atoms with Gasteiger partial charge in [-0.3, -0.25) is 4.79 Å². The average molecular weight is 247 g/mol. The van der Waals surface area contributed by atoms with Crippen LogP contribution in [0.2, 0.25) is 0 Å². The summed E-state index contributed by atoms with van der Waals surface area (Å²) in [5, 5.41) is 8.74. The van der Waals surface area contributed by atoms with Crippen LogP contribution in [0.15, 0.2) is 47.4 Å². The van der Waals surface area contributed by atoms with Gasteiger partial charge in [-0.25, -0.2) is 9.18 Å². The number of carboxylic acids is 1. The molecule has 1 heterocycles. The fourth-order valence-corrected chi connectivity index (χ4v) is 1.58. The van der Waals surface area contributed by atoms with E-state index in [9.17, 15) is 14.0 Å². The maximum Gasteiger partial charge on any atom is 0.335 e. The number of benzene rings is 1. The molecule has 0 atom stereocenters. The van der Waals surface area contributed by atoms with Gasteiger partial charge in [0.1, 0.15) is 5.82 Å². The van der Waals surface area contributed by atoms with Gasteiger partial charge in [0.25, 0.3) is 5.56 Å². The Hall–Kier alpha value is -2.43. The van der Waals surface area contributed by atoms with Gasteiger partial charge in [-0.2, -0.15) is 0 Å². The molecule has 18 heavy (non-hydrogen) atoms. The van der Waals surface area contributed by atoms with Crippen molar-refractivity contribution in [3.05, 3.63) is 69.9 Å². The molecular formula is C13H10FNO3. The highest BCUT2D eigenvalue weighted by Gasteiger charge is 2.03. The van der Waals surface area contributed by atoms with Crippen molar-refractivity contribution in [3.8, 4) is 0 Å². The summed E-state index contributed by atoms with van der Waals surface area (Å²) in [5.74, 6) is -1.50. The predicted octanol–water partition coefficient (Wildman–Crippen LogP) is 1.73. The molecule has 1 aromatic carbocycles. The highest BCUT2D eigenvalue weighted by atomic mass is 19.1. The Morgan fingerprint density at radius 1 is 1.17 bits per heavy atom. The zero-order valence-corrected chi connectivity index (χ0v) is 9.34. The third kappa shape index (κ3) is 2.63. The first-order chi connectivity index (χ1) is 8.56. The average Bonchev–Trinajstić information content (AvgIpc) is 2.34. The van der Waals surface area contributed by atoms with Crippen LogP contribution in [-0.2, 0) is 6.54 Å². The van der Waals surface area contributed by atoms with Gasteiger partial charge < -0.3 is 9.67 Å². The van der Waals surface area contributed by atoms with Crippen molar-refractivity contribution < 1.29 is 14.3 Å². The van der Waals surface area contributed by atoms with Gasteiger partial charge in [-0.15, -0.1) is 0 Å². The van der Waals surface area contributed by atoms with Crippen LogP contribution in [0.1, 0.15) is 15.9 Å². The highest BCUT2D eigenvalue weighted by molar-refractivity contribution is 5.87. The summed E-state index contributed by atoms with van der Waals surface area (Å²) < 4.78 is 14.2. The lowest BCUT2D eigenvalue weighted by Gasteiger charge is -2.05. The molecule has 5 heteroatoms. The number of carbonyl (C=O) groups is 1. The van der Waals surface area contributed by atoms with Gasteiger partial charge in [-0.1, -0.05) is 12.1 Å². The minimum Gasteiger partial charge on any atom is -0.478 e. The second-order valence-corrected chi connectivity index (χ2v) is 3.82. The number of aromatic carboxylic acids is 1. The third-order valence-electron chi connectivity index (χ3n) is 2.50. The van der Waals surface area contributed by atoms with Crippen molar-refractivity contribution >= 4 is 5.97 Å². The van der Waals surface area contributed by atoms with Crippen LogP contribution >= 0.6 is 0 Å². The number of hydrogen-bond acceptors (Lipinski definition) is 2. The van der Waals surface area contributed by atoms with Gasteiger partial charge in [0.15, 0.2) is 0 Å². The normalized spacial score (nSPS) is 10.3. The lowest BCUT2D eigenvalue weighted by atomic mass is 10.1. The van der Waals surface area contributed by atoms with Crippen LogP contribution in [0.5, 0.6) is 0 Å². The number of pyridine rings is 1. The Bertz CT molecular complexity index is 631.